The normalized spacial score (nSPS) is 26.0. The Morgan fingerprint density at radius 3 is 2.21 bits per heavy atom. The van der Waals surface area contributed by atoms with Crippen LogP contribution in [0.1, 0.15) is 44.7 Å². The van der Waals surface area contributed by atoms with Gasteiger partial charge in [-0.05, 0) is 35.9 Å². The molecule has 1 unspecified atom stereocenters. The molecule has 0 saturated heterocycles. The Labute approximate surface area is 112 Å². The number of rotatable bonds is 2. The van der Waals surface area contributed by atoms with Gasteiger partial charge in [0.05, 0.1) is 0 Å². The minimum Gasteiger partial charge on any atom is -0.300 e. The molecule has 1 aromatic rings. The Balaban J connectivity index is 2.65. The van der Waals surface area contributed by atoms with Gasteiger partial charge in [-0.1, -0.05) is 45.0 Å². The van der Waals surface area contributed by atoms with Crippen LogP contribution >= 0.6 is 0 Å². The number of hydrogen-bond donors (Lipinski definition) is 1. The van der Waals surface area contributed by atoms with Crippen molar-refractivity contribution in [2.45, 2.75) is 50.7 Å². The smallest absolute Gasteiger partial charge is 0.300 e. The monoisotopic (exact) mass is 271 g/mol. The molecule has 2 rings (SSSR count). The Morgan fingerprint density at radius 1 is 1.11 bits per heavy atom. The molecular formula is C15H20F3N. The second kappa shape index (κ2) is 4.51. The predicted octanol–water partition coefficient (Wildman–Crippen LogP) is 4.13. The average molecular weight is 271 g/mol. The fourth-order valence-electron chi connectivity index (χ4n) is 3.09. The van der Waals surface area contributed by atoms with Gasteiger partial charge >= 0.3 is 6.18 Å². The van der Waals surface area contributed by atoms with Gasteiger partial charge in [0.15, 0.2) is 0 Å². The highest BCUT2D eigenvalue weighted by molar-refractivity contribution is 5.42. The van der Waals surface area contributed by atoms with Crippen LogP contribution in [0.15, 0.2) is 24.3 Å². The van der Waals surface area contributed by atoms with Crippen LogP contribution in [0.2, 0.25) is 0 Å². The third kappa shape index (κ3) is 2.16. The zero-order valence-corrected chi connectivity index (χ0v) is 11.6. The van der Waals surface area contributed by atoms with E-state index < -0.39 is 11.7 Å². The maximum Gasteiger partial charge on any atom is 0.410 e. The summed E-state index contributed by atoms with van der Waals surface area (Å²) in [6.07, 6.45) is -3.67. The van der Waals surface area contributed by atoms with Crippen molar-refractivity contribution in [2.24, 2.45) is 0 Å². The van der Waals surface area contributed by atoms with Gasteiger partial charge in [-0.3, -0.25) is 0 Å². The number of halogens is 3. The average Bonchev–Trinajstić information content (AvgIpc) is 2.32. The van der Waals surface area contributed by atoms with E-state index in [-0.39, 0.29) is 11.8 Å². The lowest BCUT2D eigenvalue weighted by molar-refractivity contribution is -0.206. The minimum atomic E-state index is -4.28. The van der Waals surface area contributed by atoms with E-state index in [1.807, 2.05) is 26.0 Å². The van der Waals surface area contributed by atoms with Crippen molar-refractivity contribution < 1.29 is 13.2 Å². The lowest BCUT2D eigenvalue weighted by Crippen LogP contribution is -2.57. The zero-order chi connectivity index (χ0) is 14.3. The summed E-state index contributed by atoms with van der Waals surface area (Å²) in [5.41, 5.74) is -0.908. The molecule has 0 bridgehead atoms. The number of fused-ring (bicyclic) bond motifs is 1. The van der Waals surface area contributed by atoms with E-state index in [1.165, 1.54) is 0 Å². The van der Waals surface area contributed by atoms with Gasteiger partial charge in [0.2, 0.25) is 0 Å². The fraction of sp³-hybridized carbons (Fsp3) is 0.600. The van der Waals surface area contributed by atoms with Crippen molar-refractivity contribution in [3.05, 3.63) is 35.4 Å². The second-order valence-corrected chi connectivity index (χ2v) is 5.86. The first kappa shape index (κ1) is 14.4. The molecule has 0 spiro atoms. The molecule has 1 aliphatic rings. The Morgan fingerprint density at radius 2 is 1.68 bits per heavy atom. The zero-order valence-electron chi connectivity index (χ0n) is 11.6. The van der Waals surface area contributed by atoms with Crippen LogP contribution in [0.5, 0.6) is 0 Å². The van der Waals surface area contributed by atoms with E-state index >= 15 is 0 Å². The van der Waals surface area contributed by atoms with Crippen molar-refractivity contribution in [1.29, 1.82) is 0 Å². The number of benzene rings is 1. The molecule has 19 heavy (non-hydrogen) atoms. The van der Waals surface area contributed by atoms with Gasteiger partial charge in [0.25, 0.3) is 0 Å². The molecule has 1 atom stereocenters. The van der Waals surface area contributed by atoms with Crippen LogP contribution in [0.4, 0.5) is 13.2 Å². The van der Waals surface area contributed by atoms with Crippen LogP contribution in [-0.4, -0.2) is 12.7 Å². The number of alkyl halides is 3. The maximum atomic E-state index is 13.7. The van der Waals surface area contributed by atoms with Crippen molar-refractivity contribution in [3.8, 4) is 0 Å². The summed E-state index contributed by atoms with van der Waals surface area (Å²) in [7, 11) is 0. The van der Waals surface area contributed by atoms with Gasteiger partial charge in [0.1, 0.15) is 5.54 Å². The Hall–Kier alpha value is -1.03. The molecule has 4 heteroatoms. The second-order valence-electron chi connectivity index (χ2n) is 5.86. The molecule has 0 saturated carbocycles. The Bertz CT molecular complexity index is 465. The summed E-state index contributed by atoms with van der Waals surface area (Å²) in [6, 6.07) is 6.95. The molecule has 0 radical (unpaired) electrons. The molecule has 1 nitrogen and oxygen atoms in total. The first-order chi connectivity index (χ1) is 8.74. The van der Waals surface area contributed by atoms with Crippen LogP contribution in [-0.2, 0) is 11.0 Å². The van der Waals surface area contributed by atoms with E-state index in [9.17, 15) is 13.2 Å². The molecule has 0 aliphatic heterocycles. The molecule has 1 aliphatic carbocycles. The molecule has 106 valence electrons. The topological polar surface area (TPSA) is 12.0 Å². The minimum absolute atomic E-state index is 0.0916. The van der Waals surface area contributed by atoms with E-state index in [0.29, 0.717) is 18.5 Å². The van der Waals surface area contributed by atoms with E-state index in [1.54, 1.807) is 19.1 Å². The van der Waals surface area contributed by atoms with Crippen LogP contribution < -0.4 is 5.32 Å². The van der Waals surface area contributed by atoms with Gasteiger partial charge in [0, 0.05) is 0 Å². The van der Waals surface area contributed by atoms with Crippen LogP contribution in [0.25, 0.3) is 0 Å². The molecule has 0 fully saturated rings. The van der Waals surface area contributed by atoms with Crippen molar-refractivity contribution in [3.63, 3.8) is 0 Å². The molecule has 1 N–H and O–H groups in total. The third-order valence-electron chi connectivity index (χ3n) is 4.20. The molecule has 1 aromatic carbocycles. The van der Waals surface area contributed by atoms with E-state index in [0.717, 1.165) is 5.56 Å². The highest BCUT2D eigenvalue weighted by atomic mass is 19.4. The van der Waals surface area contributed by atoms with Crippen molar-refractivity contribution >= 4 is 0 Å². The Kier molecular flexibility index (Phi) is 3.42. The van der Waals surface area contributed by atoms with Crippen molar-refractivity contribution in [2.75, 3.05) is 6.54 Å². The summed E-state index contributed by atoms with van der Waals surface area (Å²) in [5.74, 6) is 0. The summed E-state index contributed by atoms with van der Waals surface area (Å²) < 4.78 is 41.0. The number of hydrogen-bond acceptors (Lipinski definition) is 1. The van der Waals surface area contributed by atoms with E-state index in [4.69, 9.17) is 0 Å². The van der Waals surface area contributed by atoms with Gasteiger partial charge in [-0.25, -0.2) is 0 Å². The van der Waals surface area contributed by atoms with Gasteiger partial charge < -0.3 is 5.32 Å². The van der Waals surface area contributed by atoms with Gasteiger partial charge in [-0.2, -0.15) is 13.2 Å². The fourth-order valence-corrected chi connectivity index (χ4v) is 3.09. The summed E-state index contributed by atoms with van der Waals surface area (Å²) in [5, 5.41) is 2.71. The lowest BCUT2D eigenvalue weighted by atomic mass is 9.65. The summed E-state index contributed by atoms with van der Waals surface area (Å²) >= 11 is 0. The first-order valence-electron chi connectivity index (χ1n) is 6.66. The highest BCUT2D eigenvalue weighted by Crippen LogP contribution is 2.51. The van der Waals surface area contributed by atoms with Crippen LogP contribution in [0.3, 0.4) is 0 Å². The number of nitrogens with one attached hydrogen (secondary N) is 1. The lowest BCUT2D eigenvalue weighted by Gasteiger charge is -2.46. The third-order valence-corrected chi connectivity index (χ3v) is 4.20. The van der Waals surface area contributed by atoms with Crippen LogP contribution in [0, 0.1) is 0 Å². The molecule has 0 amide bonds. The molecular weight excluding hydrogens is 251 g/mol. The highest BCUT2D eigenvalue weighted by Gasteiger charge is 2.58. The largest absolute Gasteiger partial charge is 0.410 e. The van der Waals surface area contributed by atoms with Crippen molar-refractivity contribution in [1.82, 2.24) is 5.32 Å². The SMILES string of the molecule is CCNC1(C(F)(F)F)CCC(C)(C)c2ccccc21. The quantitative estimate of drug-likeness (QED) is 0.853. The summed E-state index contributed by atoms with van der Waals surface area (Å²) in [6.45, 7) is 6.04. The van der Waals surface area contributed by atoms with E-state index in [2.05, 4.69) is 5.32 Å². The maximum absolute atomic E-state index is 13.7. The molecule has 0 aromatic heterocycles. The van der Waals surface area contributed by atoms with Gasteiger partial charge in [-0.15, -0.1) is 0 Å². The summed E-state index contributed by atoms with van der Waals surface area (Å²) in [4.78, 5) is 0. The molecule has 0 heterocycles. The first-order valence-corrected chi connectivity index (χ1v) is 6.66. The standard InChI is InChI=1S/C15H20F3N/c1-4-19-14(15(16,17)18)10-9-13(2,3)11-7-5-6-8-12(11)14/h5-8,19H,4,9-10H2,1-3H3. The predicted molar refractivity (Wildman–Crippen MR) is 70.1 cm³/mol.